The molecule has 0 radical (unpaired) electrons. The number of hydrogen-bond donors (Lipinski definition) is 1. The number of carbonyl (C=O) groups is 1. The van der Waals surface area contributed by atoms with Crippen LogP contribution in [0.4, 0.5) is 5.69 Å². The highest BCUT2D eigenvalue weighted by molar-refractivity contribution is 9.10. The molecule has 0 aromatic carbocycles. The third-order valence-electron chi connectivity index (χ3n) is 1.92. The van der Waals surface area contributed by atoms with E-state index in [0.717, 1.165) is 10.2 Å². The van der Waals surface area contributed by atoms with Crippen LogP contribution in [0.3, 0.4) is 0 Å². The predicted octanol–water partition coefficient (Wildman–Crippen LogP) is 1.42. The number of amides is 1. The Bertz CT molecular complexity index is 343. The average molecular weight is 272 g/mol. The zero-order valence-electron chi connectivity index (χ0n) is 8.83. The van der Waals surface area contributed by atoms with E-state index in [-0.39, 0.29) is 5.91 Å². The topological polar surface area (TPSA) is 45.2 Å². The molecule has 1 N–H and O–H groups in total. The summed E-state index contributed by atoms with van der Waals surface area (Å²) in [6, 6.07) is 1.86. The summed E-state index contributed by atoms with van der Waals surface area (Å²) >= 11 is 3.39. The molecular weight excluding hydrogens is 258 g/mol. The lowest BCUT2D eigenvalue weighted by molar-refractivity contribution is -0.119. The summed E-state index contributed by atoms with van der Waals surface area (Å²) in [5.74, 6) is 0.0173. The molecule has 1 amide bonds. The van der Waals surface area contributed by atoms with E-state index in [1.807, 2.05) is 24.9 Å². The lowest BCUT2D eigenvalue weighted by atomic mass is 10.3. The van der Waals surface area contributed by atoms with Gasteiger partial charge in [-0.25, -0.2) is 0 Å². The standard InChI is InChI=1S/C10H14BrN3O/c1-3-13-10(15)7-14(2)9-4-5-12-6-8(9)11/h4-6H,3,7H2,1-2H3,(H,13,15). The van der Waals surface area contributed by atoms with Crippen molar-refractivity contribution in [2.24, 2.45) is 0 Å². The molecule has 0 aliphatic heterocycles. The molecule has 0 aliphatic rings. The molecule has 1 aromatic heterocycles. The van der Waals surface area contributed by atoms with Crippen molar-refractivity contribution in [3.63, 3.8) is 0 Å². The first kappa shape index (κ1) is 12.0. The van der Waals surface area contributed by atoms with Gasteiger partial charge in [-0.2, -0.15) is 0 Å². The van der Waals surface area contributed by atoms with Crippen LogP contribution < -0.4 is 10.2 Å². The number of likely N-dealkylation sites (N-methyl/N-ethyl adjacent to an activating group) is 2. The second-order valence-corrected chi connectivity index (χ2v) is 3.99. The molecule has 0 saturated heterocycles. The molecular formula is C10H14BrN3O. The fourth-order valence-electron chi connectivity index (χ4n) is 1.23. The van der Waals surface area contributed by atoms with Gasteiger partial charge in [-0.3, -0.25) is 9.78 Å². The largest absolute Gasteiger partial charge is 0.364 e. The van der Waals surface area contributed by atoms with Crippen LogP contribution in [0.5, 0.6) is 0 Å². The molecule has 5 heteroatoms. The zero-order chi connectivity index (χ0) is 11.3. The van der Waals surface area contributed by atoms with Crippen LogP contribution in [0.1, 0.15) is 6.92 Å². The van der Waals surface area contributed by atoms with E-state index in [0.29, 0.717) is 13.1 Å². The van der Waals surface area contributed by atoms with Crippen molar-refractivity contribution in [3.8, 4) is 0 Å². The Hall–Kier alpha value is -1.10. The maximum Gasteiger partial charge on any atom is 0.239 e. The number of hydrogen-bond acceptors (Lipinski definition) is 3. The lowest BCUT2D eigenvalue weighted by Crippen LogP contribution is -2.35. The van der Waals surface area contributed by atoms with Crippen LogP contribution in [0, 0.1) is 0 Å². The Morgan fingerprint density at radius 1 is 1.67 bits per heavy atom. The van der Waals surface area contributed by atoms with Gasteiger partial charge >= 0.3 is 0 Å². The van der Waals surface area contributed by atoms with Crippen LogP contribution in [0.2, 0.25) is 0 Å². The van der Waals surface area contributed by atoms with E-state index in [1.54, 1.807) is 12.4 Å². The van der Waals surface area contributed by atoms with Gasteiger partial charge in [0.25, 0.3) is 0 Å². The van der Waals surface area contributed by atoms with Crippen molar-refractivity contribution >= 4 is 27.5 Å². The van der Waals surface area contributed by atoms with Gasteiger partial charge < -0.3 is 10.2 Å². The van der Waals surface area contributed by atoms with Gasteiger partial charge in [0.2, 0.25) is 5.91 Å². The highest BCUT2D eigenvalue weighted by Gasteiger charge is 2.08. The molecule has 0 fully saturated rings. The van der Waals surface area contributed by atoms with E-state index in [9.17, 15) is 4.79 Å². The molecule has 0 spiro atoms. The van der Waals surface area contributed by atoms with Gasteiger partial charge in [0.15, 0.2) is 0 Å². The predicted molar refractivity (Wildman–Crippen MR) is 63.9 cm³/mol. The van der Waals surface area contributed by atoms with Crippen LogP contribution in [-0.4, -0.2) is 31.0 Å². The van der Waals surface area contributed by atoms with Crippen molar-refractivity contribution in [2.45, 2.75) is 6.92 Å². The minimum Gasteiger partial charge on any atom is -0.364 e. The van der Waals surface area contributed by atoms with Crippen molar-refractivity contribution in [1.82, 2.24) is 10.3 Å². The van der Waals surface area contributed by atoms with Crippen molar-refractivity contribution in [2.75, 3.05) is 25.0 Å². The van der Waals surface area contributed by atoms with E-state index in [2.05, 4.69) is 26.2 Å². The quantitative estimate of drug-likeness (QED) is 0.901. The number of rotatable bonds is 4. The number of aromatic nitrogens is 1. The number of carbonyl (C=O) groups excluding carboxylic acids is 1. The molecule has 1 heterocycles. The first-order chi connectivity index (χ1) is 7.15. The van der Waals surface area contributed by atoms with Gasteiger partial charge in [-0.05, 0) is 28.9 Å². The van der Waals surface area contributed by atoms with E-state index in [1.165, 1.54) is 0 Å². The van der Waals surface area contributed by atoms with Crippen LogP contribution in [-0.2, 0) is 4.79 Å². The number of pyridine rings is 1. The van der Waals surface area contributed by atoms with Gasteiger partial charge in [0, 0.05) is 26.0 Å². The first-order valence-corrected chi connectivity index (χ1v) is 5.51. The smallest absolute Gasteiger partial charge is 0.239 e. The zero-order valence-corrected chi connectivity index (χ0v) is 10.4. The Balaban J connectivity index is 2.65. The fraction of sp³-hybridized carbons (Fsp3) is 0.400. The van der Waals surface area contributed by atoms with Crippen LogP contribution in [0.25, 0.3) is 0 Å². The molecule has 0 bridgehead atoms. The normalized spacial score (nSPS) is 9.80. The monoisotopic (exact) mass is 271 g/mol. The number of anilines is 1. The number of nitrogens with zero attached hydrogens (tertiary/aromatic N) is 2. The molecule has 1 aromatic rings. The maximum atomic E-state index is 11.4. The first-order valence-electron chi connectivity index (χ1n) is 4.72. The SMILES string of the molecule is CCNC(=O)CN(C)c1ccncc1Br. The highest BCUT2D eigenvalue weighted by Crippen LogP contribution is 2.22. The molecule has 15 heavy (non-hydrogen) atoms. The van der Waals surface area contributed by atoms with Crippen molar-refractivity contribution in [3.05, 3.63) is 22.9 Å². The van der Waals surface area contributed by atoms with Crippen LogP contribution in [0.15, 0.2) is 22.9 Å². The number of nitrogens with one attached hydrogen (secondary N) is 1. The molecule has 0 unspecified atom stereocenters. The van der Waals surface area contributed by atoms with Crippen molar-refractivity contribution < 1.29 is 4.79 Å². The Labute approximate surface area is 97.8 Å². The molecule has 4 nitrogen and oxygen atoms in total. The summed E-state index contributed by atoms with van der Waals surface area (Å²) in [5, 5.41) is 2.75. The highest BCUT2D eigenvalue weighted by atomic mass is 79.9. The average Bonchev–Trinajstić information content (AvgIpc) is 2.18. The summed E-state index contributed by atoms with van der Waals surface area (Å²) in [4.78, 5) is 17.2. The summed E-state index contributed by atoms with van der Waals surface area (Å²) in [7, 11) is 1.87. The number of halogens is 1. The van der Waals surface area contributed by atoms with Gasteiger partial charge in [-0.15, -0.1) is 0 Å². The van der Waals surface area contributed by atoms with E-state index < -0.39 is 0 Å². The maximum absolute atomic E-state index is 11.4. The van der Waals surface area contributed by atoms with Gasteiger partial charge in [-0.1, -0.05) is 0 Å². The summed E-state index contributed by atoms with van der Waals surface area (Å²) in [6.45, 7) is 2.90. The third kappa shape index (κ3) is 3.51. The lowest BCUT2D eigenvalue weighted by Gasteiger charge is -2.19. The molecule has 0 atom stereocenters. The summed E-state index contributed by atoms with van der Waals surface area (Å²) < 4.78 is 0.886. The second-order valence-electron chi connectivity index (χ2n) is 3.14. The third-order valence-corrected chi connectivity index (χ3v) is 2.53. The molecule has 82 valence electrons. The Morgan fingerprint density at radius 2 is 2.40 bits per heavy atom. The summed E-state index contributed by atoms with van der Waals surface area (Å²) in [6.07, 6.45) is 3.41. The van der Waals surface area contributed by atoms with E-state index >= 15 is 0 Å². The minimum atomic E-state index is 0.0173. The summed E-state index contributed by atoms with van der Waals surface area (Å²) in [5.41, 5.74) is 0.955. The minimum absolute atomic E-state index is 0.0173. The Kier molecular flexibility index (Phi) is 4.55. The van der Waals surface area contributed by atoms with E-state index in [4.69, 9.17) is 0 Å². The van der Waals surface area contributed by atoms with Crippen molar-refractivity contribution in [1.29, 1.82) is 0 Å². The van der Waals surface area contributed by atoms with Crippen LogP contribution >= 0.6 is 15.9 Å². The molecule has 0 saturated carbocycles. The second kappa shape index (κ2) is 5.70. The van der Waals surface area contributed by atoms with Gasteiger partial charge in [0.05, 0.1) is 16.7 Å². The molecule has 0 aliphatic carbocycles. The Morgan fingerprint density at radius 3 is 3.00 bits per heavy atom. The van der Waals surface area contributed by atoms with Gasteiger partial charge in [0.1, 0.15) is 0 Å². The molecule has 1 rings (SSSR count). The fourth-order valence-corrected chi connectivity index (χ4v) is 1.78.